The summed E-state index contributed by atoms with van der Waals surface area (Å²) < 4.78 is 27.2. The number of carbonyl (C=O) groups excluding carboxylic acids is 1. The molecule has 4 rings (SSSR count). The van der Waals surface area contributed by atoms with Gasteiger partial charge in [0.05, 0.1) is 27.8 Å². The summed E-state index contributed by atoms with van der Waals surface area (Å²) in [6, 6.07) is 15.6. The second-order valence-corrected chi connectivity index (χ2v) is 9.86. The van der Waals surface area contributed by atoms with Gasteiger partial charge in [0.15, 0.2) is 5.69 Å². The molecule has 0 unspecified atom stereocenters. The number of nitrogens with zero attached hydrogens (tertiary/aromatic N) is 3. The standard InChI is InChI=1S/C24H23N5O.CH4O3S.ClH/c1-17-10-14-26-15-21(17)29-22-20(5-4-13-27-22)23(30)28-19-8-6-18(7-9-19)24(16-25)11-2-3-12-24;1-5(2,3)4;/h4-10,13-15H,2-3,11-12H2,1H3,(H,27,29)(H,28,30);1H3,(H,2,3,4);1H. The number of halogens is 1. The predicted octanol–water partition coefficient (Wildman–Crippen LogP) is 3.48. The second-order valence-electron chi connectivity index (χ2n) is 8.45. The molecule has 1 aromatic carbocycles. The van der Waals surface area contributed by atoms with Crippen LogP contribution >= 0.6 is 12.4 Å². The van der Waals surface area contributed by atoms with E-state index < -0.39 is 10.1 Å². The molecular weight excluding hydrogens is 502 g/mol. The van der Waals surface area contributed by atoms with Gasteiger partial charge in [0.1, 0.15) is 5.56 Å². The Labute approximate surface area is 217 Å². The molecular formula is C25H28ClN5O4S. The van der Waals surface area contributed by atoms with Crippen molar-refractivity contribution in [2.24, 2.45) is 0 Å². The highest BCUT2D eigenvalue weighted by Gasteiger charge is 2.35. The van der Waals surface area contributed by atoms with E-state index in [1.165, 1.54) is 0 Å². The maximum atomic E-state index is 12.9. The lowest BCUT2D eigenvalue weighted by Crippen LogP contribution is -2.72. The SMILES string of the molecule is CS(=O)(=O)[O-].Cc1ccncc1[NH2+]c1ncccc1C(=O)Nc1ccc(C2(C#N)CCCC2)cc1.Cl. The van der Waals surface area contributed by atoms with E-state index in [2.05, 4.69) is 21.4 Å². The summed E-state index contributed by atoms with van der Waals surface area (Å²) in [7, 11) is -3.92. The molecule has 0 aliphatic heterocycles. The summed E-state index contributed by atoms with van der Waals surface area (Å²) in [6.07, 6.45) is 9.75. The number of hydrogen-bond donors (Lipinski definition) is 2. The Bertz CT molecular complexity index is 1330. The van der Waals surface area contributed by atoms with Gasteiger partial charge in [-0.15, -0.1) is 12.4 Å². The van der Waals surface area contributed by atoms with Crippen molar-refractivity contribution >= 4 is 45.6 Å². The van der Waals surface area contributed by atoms with Crippen LogP contribution < -0.4 is 10.6 Å². The number of nitrogens with two attached hydrogens (primary N) is 1. The maximum Gasteiger partial charge on any atom is 0.263 e. The van der Waals surface area contributed by atoms with Crippen molar-refractivity contribution in [3.05, 3.63) is 77.7 Å². The number of hydrogen-bond acceptors (Lipinski definition) is 7. The molecule has 1 saturated carbocycles. The molecule has 1 fully saturated rings. The van der Waals surface area contributed by atoms with Crippen LogP contribution in [0.25, 0.3) is 0 Å². The molecule has 9 nitrogen and oxygen atoms in total. The van der Waals surface area contributed by atoms with Gasteiger partial charge in [-0.25, -0.2) is 13.4 Å². The van der Waals surface area contributed by atoms with Gasteiger partial charge in [-0.1, -0.05) is 25.0 Å². The highest BCUT2D eigenvalue weighted by Crippen LogP contribution is 2.40. The van der Waals surface area contributed by atoms with E-state index in [0.29, 0.717) is 23.3 Å². The minimum Gasteiger partial charge on any atom is -0.748 e. The van der Waals surface area contributed by atoms with E-state index in [-0.39, 0.29) is 23.7 Å². The van der Waals surface area contributed by atoms with Crippen molar-refractivity contribution in [1.29, 1.82) is 5.26 Å². The lowest BCUT2D eigenvalue weighted by atomic mass is 9.80. The van der Waals surface area contributed by atoms with E-state index in [1.807, 2.05) is 42.6 Å². The number of nitrogens with one attached hydrogen (secondary N) is 1. The molecule has 0 atom stereocenters. The van der Waals surface area contributed by atoms with Gasteiger partial charge < -0.3 is 9.87 Å². The molecule has 3 aromatic rings. The van der Waals surface area contributed by atoms with E-state index in [1.54, 1.807) is 30.7 Å². The van der Waals surface area contributed by atoms with Crippen LogP contribution in [0.1, 0.15) is 47.2 Å². The van der Waals surface area contributed by atoms with Crippen LogP contribution in [-0.4, -0.2) is 35.1 Å². The molecule has 1 amide bonds. The third-order valence-corrected chi connectivity index (χ3v) is 5.82. The molecule has 0 radical (unpaired) electrons. The number of benzene rings is 1. The van der Waals surface area contributed by atoms with Crippen LogP contribution in [0.2, 0.25) is 0 Å². The number of nitriles is 1. The Hall–Kier alpha value is -3.36. The molecule has 2 heterocycles. The molecule has 2 aromatic heterocycles. The van der Waals surface area contributed by atoms with Gasteiger partial charge in [0, 0.05) is 29.9 Å². The first-order chi connectivity index (χ1) is 16.6. The lowest BCUT2D eigenvalue weighted by molar-refractivity contribution is -0.483. The summed E-state index contributed by atoms with van der Waals surface area (Å²) in [5, 5.41) is 14.5. The summed E-state index contributed by atoms with van der Waals surface area (Å²) in [5.41, 5.74) is 3.83. The highest BCUT2D eigenvalue weighted by molar-refractivity contribution is 7.84. The topological polar surface area (TPSA) is 152 Å². The van der Waals surface area contributed by atoms with E-state index in [4.69, 9.17) is 13.0 Å². The van der Waals surface area contributed by atoms with E-state index in [9.17, 15) is 10.1 Å². The van der Waals surface area contributed by atoms with Gasteiger partial charge in [-0.05, 0) is 55.7 Å². The first kappa shape index (κ1) is 28.9. The highest BCUT2D eigenvalue weighted by atomic mass is 35.5. The molecule has 1 aliphatic carbocycles. The Morgan fingerprint density at radius 1 is 1.14 bits per heavy atom. The molecule has 190 valence electrons. The van der Waals surface area contributed by atoms with Crippen molar-refractivity contribution in [3.8, 4) is 6.07 Å². The smallest absolute Gasteiger partial charge is 0.263 e. The zero-order chi connectivity index (χ0) is 25.5. The van der Waals surface area contributed by atoms with Crippen LogP contribution in [0.15, 0.2) is 61.1 Å². The Morgan fingerprint density at radius 2 is 1.78 bits per heavy atom. The largest absolute Gasteiger partial charge is 0.748 e. The normalized spacial score (nSPS) is 13.9. The Kier molecular flexibility index (Phi) is 10.1. The zero-order valence-corrected chi connectivity index (χ0v) is 21.6. The fourth-order valence-electron chi connectivity index (χ4n) is 4.01. The number of aromatic nitrogens is 2. The summed E-state index contributed by atoms with van der Waals surface area (Å²) in [5.74, 6) is 0.372. The molecule has 3 N–H and O–H groups in total. The average molecular weight is 530 g/mol. The minimum atomic E-state index is -3.92. The third kappa shape index (κ3) is 7.83. The van der Waals surface area contributed by atoms with Gasteiger partial charge in [-0.3, -0.25) is 15.1 Å². The number of quaternary nitrogens is 1. The summed E-state index contributed by atoms with van der Waals surface area (Å²) >= 11 is 0. The fraction of sp³-hybridized carbons (Fsp3) is 0.280. The fourth-order valence-corrected chi connectivity index (χ4v) is 4.01. The number of amides is 1. The van der Waals surface area contributed by atoms with Crippen LogP contribution in [0, 0.1) is 18.3 Å². The van der Waals surface area contributed by atoms with Crippen LogP contribution in [0.4, 0.5) is 17.2 Å². The van der Waals surface area contributed by atoms with Crippen LogP contribution in [0.5, 0.6) is 0 Å². The number of anilines is 1. The summed E-state index contributed by atoms with van der Waals surface area (Å²) in [4.78, 5) is 21.5. The molecule has 1 aliphatic rings. The van der Waals surface area contributed by atoms with Crippen molar-refractivity contribution < 1.29 is 23.1 Å². The molecule has 0 bridgehead atoms. The minimum absolute atomic E-state index is 0. The first-order valence-electron chi connectivity index (χ1n) is 11.1. The Morgan fingerprint density at radius 3 is 2.36 bits per heavy atom. The Balaban J connectivity index is 0.000000694. The van der Waals surface area contributed by atoms with E-state index >= 15 is 0 Å². The average Bonchev–Trinajstić information content (AvgIpc) is 3.31. The van der Waals surface area contributed by atoms with Crippen molar-refractivity contribution in [2.45, 2.75) is 38.0 Å². The quantitative estimate of drug-likeness (QED) is 0.480. The zero-order valence-electron chi connectivity index (χ0n) is 20.0. The number of pyridine rings is 2. The first-order valence-corrected chi connectivity index (χ1v) is 12.9. The van der Waals surface area contributed by atoms with Gasteiger partial charge in [0.25, 0.3) is 5.91 Å². The number of carbonyl (C=O) groups is 1. The van der Waals surface area contributed by atoms with Gasteiger partial charge >= 0.3 is 0 Å². The number of aryl methyl sites for hydroxylation is 1. The van der Waals surface area contributed by atoms with Crippen molar-refractivity contribution in [2.75, 3.05) is 11.6 Å². The van der Waals surface area contributed by atoms with Gasteiger partial charge in [0.2, 0.25) is 5.82 Å². The summed E-state index contributed by atoms with van der Waals surface area (Å²) in [6.45, 7) is 2.00. The van der Waals surface area contributed by atoms with E-state index in [0.717, 1.165) is 42.5 Å². The van der Waals surface area contributed by atoms with Crippen molar-refractivity contribution in [1.82, 2.24) is 9.97 Å². The van der Waals surface area contributed by atoms with Crippen molar-refractivity contribution in [3.63, 3.8) is 0 Å². The predicted molar refractivity (Wildman–Crippen MR) is 137 cm³/mol. The lowest BCUT2D eigenvalue weighted by Gasteiger charge is -2.21. The maximum absolute atomic E-state index is 12.9. The second kappa shape index (κ2) is 12.6. The van der Waals surface area contributed by atoms with Crippen LogP contribution in [0.3, 0.4) is 0 Å². The van der Waals surface area contributed by atoms with Gasteiger partial charge in [-0.2, -0.15) is 5.26 Å². The number of rotatable bonds is 5. The molecule has 0 spiro atoms. The molecule has 0 saturated heterocycles. The molecule has 36 heavy (non-hydrogen) atoms. The molecule has 11 heteroatoms. The third-order valence-electron chi connectivity index (χ3n) is 5.82. The monoisotopic (exact) mass is 529 g/mol. The van der Waals surface area contributed by atoms with Crippen LogP contribution in [-0.2, 0) is 15.5 Å².